The van der Waals surface area contributed by atoms with Crippen LogP contribution in [0.4, 0.5) is 0 Å². The summed E-state index contributed by atoms with van der Waals surface area (Å²) in [7, 11) is 0. The number of hydrogen-bond acceptors (Lipinski definition) is 4. The Labute approximate surface area is 119 Å². The number of rotatable bonds is 6. The Morgan fingerprint density at radius 1 is 1.55 bits per heavy atom. The third kappa shape index (κ3) is 2.97. The summed E-state index contributed by atoms with van der Waals surface area (Å²) in [6.45, 7) is 1.34. The summed E-state index contributed by atoms with van der Waals surface area (Å²) in [4.78, 5) is 18.5. The maximum absolute atomic E-state index is 12.7. The Morgan fingerprint density at radius 2 is 2.35 bits per heavy atom. The van der Waals surface area contributed by atoms with Crippen LogP contribution in [0.2, 0.25) is 0 Å². The molecule has 2 rings (SSSR count). The molecule has 1 amide bonds. The van der Waals surface area contributed by atoms with Gasteiger partial charge in [0.15, 0.2) is 0 Å². The lowest BCUT2D eigenvalue weighted by atomic mass is 9.67. The van der Waals surface area contributed by atoms with Gasteiger partial charge in [0.05, 0.1) is 17.9 Å². The number of pyridine rings is 1. The minimum atomic E-state index is -0.391. The second-order valence-corrected chi connectivity index (χ2v) is 5.33. The van der Waals surface area contributed by atoms with Crippen molar-refractivity contribution >= 4 is 5.91 Å². The molecule has 1 saturated carbocycles. The molecule has 0 unspecified atom stereocenters. The van der Waals surface area contributed by atoms with E-state index < -0.39 is 5.41 Å². The molecular weight excluding hydrogens is 252 g/mol. The fourth-order valence-corrected chi connectivity index (χ4v) is 2.59. The van der Waals surface area contributed by atoms with E-state index >= 15 is 0 Å². The fourth-order valence-electron chi connectivity index (χ4n) is 2.59. The molecule has 5 heteroatoms. The van der Waals surface area contributed by atoms with Crippen molar-refractivity contribution in [2.75, 3.05) is 13.1 Å². The van der Waals surface area contributed by atoms with Gasteiger partial charge < -0.3 is 10.6 Å². The first kappa shape index (κ1) is 14.5. The van der Waals surface area contributed by atoms with Crippen LogP contribution >= 0.6 is 0 Å². The Balaban J connectivity index is 2.11. The van der Waals surface area contributed by atoms with Crippen LogP contribution in [0.3, 0.4) is 0 Å². The third-order valence-electron chi connectivity index (χ3n) is 4.03. The van der Waals surface area contributed by atoms with E-state index in [9.17, 15) is 4.79 Å². The molecule has 0 aliphatic heterocycles. The molecule has 0 saturated heterocycles. The van der Waals surface area contributed by atoms with Gasteiger partial charge in [0.2, 0.25) is 5.91 Å². The van der Waals surface area contributed by atoms with Crippen LogP contribution in [0.15, 0.2) is 24.5 Å². The average molecular weight is 272 g/mol. The SMILES string of the molecule is N#CCCN(Cc1cccnc1)C(=O)C1(CN)CCC1. The normalized spacial score (nSPS) is 16.0. The topological polar surface area (TPSA) is 83.0 Å². The van der Waals surface area contributed by atoms with Crippen molar-refractivity contribution < 1.29 is 4.79 Å². The summed E-state index contributed by atoms with van der Waals surface area (Å²) in [5.41, 5.74) is 6.39. The van der Waals surface area contributed by atoms with Crippen LogP contribution in [0.1, 0.15) is 31.2 Å². The van der Waals surface area contributed by atoms with E-state index in [2.05, 4.69) is 11.1 Å². The van der Waals surface area contributed by atoms with E-state index in [0.717, 1.165) is 24.8 Å². The van der Waals surface area contributed by atoms with Crippen LogP contribution in [0.5, 0.6) is 0 Å². The summed E-state index contributed by atoms with van der Waals surface area (Å²) < 4.78 is 0. The highest BCUT2D eigenvalue weighted by molar-refractivity contribution is 5.84. The standard InChI is InChI=1S/C15H20N4O/c16-7-3-9-19(11-13-4-1-8-18-10-13)14(20)15(12-17)5-2-6-15/h1,4,8,10H,2-3,5-6,9,11-12,17H2. The highest BCUT2D eigenvalue weighted by Gasteiger charge is 2.44. The van der Waals surface area contributed by atoms with E-state index in [1.807, 2.05) is 12.1 Å². The van der Waals surface area contributed by atoms with Crippen LogP contribution in [-0.2, 0) is 11.3 Å². The molecule has 0 spiro atoms. The summed E-state index contributed by atoms with van der Waals surface area (Å²) in [5.74, 6) is 0.0883. The van der Waals surface area contributed by atoms with Crippen molar-refractivity contribution in [3.05, 3.63) is 30.1 Å². The van der Waals surface area contributed by atoms with Gasteiger partial charge in [-0.3, -0.25) is 9.78 Å². The van der Waals surface area contributed by atoms with Crippen LogP contribution < -0.4 is 5.73 Å². The Kier molecular flexibility index (Phi) is 4.70. The quantitative estimate of drug-likeness (QED) is 0.849. The molecule has 0 radical (unpaired) electrons. The first-order valence-electron chi connectivity index (χ1n) is 6.97. The molecule has 5 nitrogen and oxygen atoms in total. The molecule has 106 valence electrons. The highest BCUT2D eigenvalue weighted by Crippen LogP contribution is 2.41. The number of carbonyl (C=O) groups is 1. The lowest BCUT2D eigenvalue weighted by molar-refractivity contribution is -0.147. The number of nitrogens with two attached hydrogens (primary N) is 1. The average Bonchev–Trinajstić information content (AvgIpc) is 2.44. The zero-order valence-electron chi connectivity index (χ0n) is 11.6. The molecule has 0 aromatic carbocycles. The molecule has 1 fully saturated rings. The first-order valence-corrected chi connectivity index (χ1v) is 6.97. The van der Waals surface area contributed by atoms with Gasteiger partial charge in [-0.2, -0.15) is 5.26 Å². The Hall–Kier alpha value is -1.93. The van der Waals surface area contributed by atoms with Crippen molar-refractivity contribution in [3.63, 3.8) is 0 Å². The maximum Gasteiger partial charge on any atom is 0.230 e. The Bertz CT molecular complexity index is 485. The predicted octanol–water partition coefficient (Wildman–Crippen LogP) is 1.45. The molecule has 1 aromatic heterocycles. The van der Waals surface area contributed by atoms with Gasteiger partial charge in [0.1, 0.15) is 0 Å². The first-order chi connectivity index (χ1) is 9.72. The molecule has 0 bridgehead atoms. The number of aromatic nitrogens is 1. The summed E-state index contributed by atoms with van der Waals surface area (Å²) in [6.07, 6.45) is 6.58. The number of carbonyl (C=O) groups excluding carboxylic acids is 1. The summed E-state index contributed by atoms with van der Waals surface area (Å²) in [5, 5.41) is 8.77. The van der Waals surface area contributed by atoms with Crippen LogP contribution in [-0.4, -0.2) is 28.9 Å². The fraction of sp³-hybridized carbons (Fsp3) is 0.533. The zero-order chi connectivity index (χ0) is 14.4. The van der Waals surface area contributed by atoms with E-state index in [-0.39, 0.29) is 5.91 Å². The van der Waals surface area contributed by atoms with Crippen molar-refractivity contribution in [1.82, 2.24) is 9.88 Å². The molecule has 0 atom stereocenters. The van der Waals surface area contributed by atoms with Gasteiger partial charge in [-0.15, -0.1) is 0 Å². The molecular formula is C15H20N4O. The lowest BCUT2D eigenvalue weighted by Gasteiger charge is -2.42. The zero-order valence-corrected chi connectivity index (χ0v) is 11.6. The molecule has 1 aliphatic carbocycles. The van der Waals surface area contributed by atoms with Crippen LogP contribution in [0, 0.1) is 16.7 Å². The van der Waals surface area contributed by atoms with Gasteiger partial charge >= 0.3 is 0 Å². The minimum Gasteiger partial charge on any atom is -0.337 e. The van der Waals surface area contributed by atoms with E-state index in [0.29, 0.717) is 26.1 Å². The molecule has 1 aromatic rings. The summed E-state index contributed by atoms with van der Waals surface area (Å²) in [6, 6.07) is 5.90. The summed E-state index contributed by atoms with van der Waals surface area (Å²) >= 11 is 0. The lowest BCUT2D eigenvalue weighted by Crippen LogP contribution is -2.51. The van der Waals surface area contributed by atoms with Gasteiger partial charge in [0.25, 0.3) is 0 Å². The van der Waals surface area contributed by atoms with Gasteiger partial charge in [-0.1, -0.05) is 12.5 Å². The van der Waals surface area contributed by atoms with Crippen molar-refractivity contribution in [2.45, 2.75) is 32.2 Å². The monoisotopic (exact) mass is 272 g/mol. The maximum atomic E-state index is 12.7. The number of nitrogens with zero attached hydrogens (tertiary/aromatic N) is 3. The Morgan fingerprint density at radius 3 is 2.85 bits per heavy atom. The minimum absolute atomic E-state index is 0.0883. The highest BCUT2D eigenvalue weighted by atomic mass is 16.2. The second kappa shape index (κ2) is 6.49. The number of hydrogen-bond donors (Lipinski definition) is 1. The smallest absolute Gasteiger partial charge is 0.230 e. The van der Waals surface area contributed by atoms with Crippen molar-refractivity contribution in [2.24, 2.45) is 11.1 Å². The van der Waals surface area contributed by atoms with E-state index in [1.54, 1.807) is 17.3 Å². The molecule has 20 heavy (non-hydrogen) atoms. The van der Waals surface area contributed by atoms with E-state index in [1.165, 1.54) is 0 Å². The van der Waals surface area contributed by atoms with Crippen molar-refractivity contribution in [3.8, 4) is 6.07 Å². The van der Waals surface area contributed by atoms with Crippen LogP contribution in [0.25, 0.3) is 0 Å². The second-order valence-electron chi connectivity index (χ2n) is 5.33. The third-order valence-corrected chi connectivity index (χ3v) is 4.03. The predicted molar refractivity (Wildman–Crippen MR) is 75.2 cm³/mol. The number of nitriles is 1. The van der Waals surface area contributed by atoms with E-state index in [4.69, 9.17) is 11.0 Å². The molecule has 2 N–H and O–H groups in total. The van der Waals surface area contributed by atoms with Crippen molar-refractivity contribution in [1.29, 1.82) is 5.26 Å². The largest absolute Gasteiger partial charge is 0.337 e. The van der Waals surface area contributed by atoms with Gasteiger partial charge in [0, 0.05) is 32.0 Å². The van der Waals surface area contributed by atoms with Gasteiger partial charge in [-0.05, 0) is 24.5 Å². The molecule has 1 aliphatic rings. The number of amides is 1. The molecule has 1 heterocycles. The van der Waals surface area contributed by atoms with Gasteiger partial charge in [-0.25, -0.2) is 0 Å².